The van der Waals surface area contributed by atoms with Crippen molar-refractivity contribution in [2.24, 2.45) is 5.92 Å². The van der Waals surface area contributed by atoms with Crippen molar-refractivity contribution < 1.29 is 4.79 Å². The van der Waals surface area contributed by atoms with Gasteiger partial charge in [0, 0.05) is 41.0 Å². The molecule has 0 atom stereocenters. The van der Waals surface area contributed by atoms with Crippen molar-refractivity contribution in [1.29, 1.82) is 0 Å². The standard InChI is InChI=1S/C21H23N3OS/c1-14-3-4-17(13-15(14)2)23-21(25)16-6-10-24(11-7-16)20-18-8-12-26-19(18)5-9-22-20/h3-5,8-9,12-13,16H,6-7,10-11H2,1-2H3,(H,23,25). The molecule has 1 fully saturated rings. The van der Waals surface area contributed by atoms with Gasteiger partial charge in [-0.05, 0) is 67.5 Å². The van der Waals surface area contributed by atoms with Crippen LogP contribution in [0, 0.1) is 19.8 Å². The number of thiophene rings is 1. The number of nitrogens with zero attached hydrogens (tertiary/aromatic N) is 2. The number of hydrogen-bond donors (Lipinski definition) is 1. The molecule has 0 aliphatic carbocycles. The summed E-state index contributed by atoms with van der Waals surface area (Å²) in [4.78, 5) is 19.5. The van der Waals surface area contributed by atoms with Gasteiger partial charge in [0.2, 0.25) is 5.91 Å². The van der Waals surface area contributed by atoms with Crippen molar-refractivity contribution in [3.63, 3.8) is 0 Å². The van der Waals surface area contributed by atoms with Crippen molar-refractivity contribution in [2.75, 3.05) is 23.3 Å². The van der Waals surface area contributed by atoms with Crippen molar-refractivity contribution in [3.8, 4) is 0 Å². The fraction of sp³-hybridized carbons (Fsp3) is 0.333. The molecule has 1 amide bonds. The first-order valence-corrected chi connectivity index (χ1v) is 9.95. The second kappa shape index (κ2) is 7.08. The Labute approximate surface area is 157 Å². The first-order valence-electron chi connectivity index (χ1n) is 9.07. The Bertz CT molecular complexity index is 941. The summed E-state index contributed by atoms with van der Waals surface area (Å²) in [6, 6.07) is 10.3. The molecule has 134 valence electrons. The average Bonchev–Trinajstić information content (AvgIpc) is 3.14. The van der Waals surface area contributed by atoms with Crippen molar-refractivity contribution in [3.05, 3.63) is 53.0 Å². The highest BCUT2D eigenvalue weighted by molar-refractivity contribution is 7.17. The van der Waals surface area contributed by atoms with Crippen molar-refractivity contribution >= 4 is 38.8 Å². The average molecular weight is 366 g/mol. The fourth-order valence-corrected chi connectivity index (χ4v) is 4.33. The van der Waals surface area contributed by atoms with Crippen LogP contribution >= 0.6 is 11.3 Å². The molecule has 0 saturated carbocycles. The summed E-state index contributed by atoms with van der Waals surface area (Å²) in [5, 5.41) is 6.42. The molecule has 5 heteroatoms. The Balaban J connectivity index is 1.40. The third-order valence-corrected chi connectivity index (χ3v) is 6.18. The highest BCUT2D eigenvalue weighted by Gasteiger charge is 2.26. The van der Waals surface area contributed by atoms with E-state index in [9.17, 15) is 4.79 Å². The monoisotopic (exact) mass is 365 g/mol. The number of anilines is 2. The highest BCUT2D eigenvalue weighted by Crippen LogP contribution is 2.31. The molecule has 1 aliphatic rings. The number of aryl methyl sites for hydroxylation is 2. The molecule has 4 nitrogen and oxygen atoms in total. The van der Waals surface area contributed by atoms with E-state index in [1.54, 1.807) is 11.3 Å². The molecule has 1 aromatic carbocycles. The number of pyridine rings is 1. The van der Waals surface area contributed by atoms with Crippen LogP contribution in [0.15, 0.2) is 41.9 Å². The molecule has 2 aromatic heterocycles. The van der Waals surface area contributed by atoms with Crippen LogP contribution in [-0.4, -0.2) is 24.0 Å². The zero-order valence-electron chi connectivity index (χ0n) is 15.2. The van der Waals surface area contributed by atoms with Gasteiger partial charge >= 0.3 is 0 Å². The quantitative estimate of drug-likeness (QED) is 0.727. The SMILES string of the molecule is Cc1ccc(NC(=O)C2CCN(c3nccc4sccc34)CC2)cc1C. The van der Waals surface area contributed by atoms with E-state index < -0.39 is 0 Å². The second-order valence-corrected chi connectivity index (χ2v) is 7.96. The summed E-state index contributed by atoms with van der Waals surface area (Å²) in [6.45, 7) is 5.89. The maximum Gasteiger partial charge on any atom is 0.227 e. The molecule has 4 rings (SSSR count). The normalized spacial score (nSPS) is 15.4. The van der Waals surface area contributed by atoms with Crippen LogP contribution < -0.4 is 10.2 Å². The van der Waals surface area contributed by atoms with E-state index in [1.807, 2.05) is 18.3 Å². The maximum atomic E-state index is 12.6. The minimum atomic E-state index is 0.0644. The minimum Gasteiger partial charge on any atom is -0.356 e. The summed E-state index contributed by atoms with van der Waals surface area (Å²) < 4.78 is 1.27. The molecule has 1 N–H and O–H groups in total. The summed E-state index contributed by atoms with van der Waals surface area (Å²) >= 11 is 1.74. The fourth-order valence-electron chi connectivity index (χ4n) is 3.55. The summed E-state index contributed by atoms with van der Waals surface area (Å²) in [7, 11) is 0. The predicted molar refractivity (Wildman–Crippen MR) is 109 cm³/mol. The predicted octanol–water partition coefficient (Wildman–Crippen LogP) is 4.77. The van der Waals surface area contributed by atoms with Gasteiger partial charge in [-0.3, -0.25) is 4.79 Å². The summed E-state index contributed by atoms with van der Waals surface area (Å²) in [5.74, 6) is 1.25. The molecule has 0 radical (unpaired) electrons. The van der Waals surface area contributed by atoms with E-state index in [4.69, 9.17) is 0 Å². The van der Waals surface area contributed by atoms with Crippen LogP contribution in [0.4, 0.5) is 11.5 Å². The van der Waals surface area contributed by atoms with Crippen molar-refractivity contribution in [1.82, 2.24) is 4.98 Å². The number of amides is 1. The van der Waals surface area contributed by atoms with Crippen LogP contribution in [0.1, 0.15) is 24.0 Å². The third kappa shape index (κ3) is 3.31. The summed E-state index contributed by atoms with van der Waals surface area (Å²) in [6.07, 6.45) is 3.60. The molecular formula is C21H23N3OS. The largest absolute Gasteiger partial charge is 0.356 e. The molecule has 1 saturated heterocycles. The third-order valence-electron chi connectivity index (χ3n) is 5.30. The topological polar surface area (TPSA) is 45.2 Å². The first kappa shape index (κ1) is 17.0. The van der Waals surface area contributed by atoms with Gasteiger partial charge in [-0.2, -0.15) is 0 Å². The molecular weight excluding hydrogens is 342 g/mol. The molecule has 3 aromatic rings. The first-order chi connectivity index (χ1) is 12.6. The Morgan fingerprint density at radius 3 is 2.73 bits per heavy atom. The van der Waals surface area contributed by atoms with Crippen LogP contribution in [0.25, 0.3) is 10.1 Å². The summed E-state index contributed by atoms with van der Waals surface area (Å²) in [5.41, 5.74) is 3.34. The van der Waals surface area contributed by atoms with Crippen molar-refractivity contribution in [2.45, 2.75) is 26.7 Å². The molecule has 26 heavy (non-hydrogen) atoms. The number of hydrogen-bond acceptors (Lipinski definition) is 4. The number of benzene rings is 1. The van der Waals surface area contributed by atoms with Gasteiger partial charge in [-0.25, -0.2) is 4.98 Å². The van der Waals surface area contributed by atoms with Gasteiger partial charge in [-0.15, -0.1) is 11.3 Å². The smallest absolute Gasteiger partial charge is 0.227 e. The Hall–Kier alpha value is -2.40. The van der Waals surface area contributed by atoms with Gasteiger partial charge in [-0.1, -0.05) is 6.07 Å². The molecule has 3 heterocycles. The highest BCUT2D eigenvalue weighted by atomic mass is 32.1. The number of aromatic nitrogens is 1. The lowest BCUT2D eigenvalue weighted by atomic mass is 9.95. The van der Waals surface area contributed by atoms with E-state index in [0.29, 0.717) is 0 Å². The van der Waals surface area contributed by atoms with E-state index >= 15 is 0 Å². The number of piperidine rings is 1. The number of rotatable bonds is 3. The van der Waals surface area contributed by atoms with Crippen LogP contribution in [0.3, 0.4) is 0 Å². The lowest BCUT2D eigenvalue weighted by Crippen LogP contribution is -2.38. The van der Waals surface area contributed by atoms with E-state index in [0.717, 1.165) is 37.4 Å². The zero-order chi connectivity index (χ0) is 18.1. The van der Waals surface area contributed by atoms with Gasteiger partial charge in [0.15, 0.2) is 0 Å². The maximum absolute atomic E-state index is 12.6. The minimum absolute atomic E-state index is 0.0644. The number of fused-ring (bicyclic) bond motifs is 1. The second-order valence-electron chi connectivity index (χ2n) is 7.02. The van der Waals surface area contributed by atoms with Crippen LogP contribution in [-0.2, 0) is 4.79 Å². The van der Waals surface area contributed by atoms with E-state index in [-0.39, 0.29) is 11.8 Å². The molecule has 0 spiro atoms. The Morgan fingerprint density at radius 2 is 1.96 bits per heavy atom. The number of carbonyl (C=O) groups is 1. The Morgan fingerprint density at radius 1 is 1.15 bits per heavy atom. The van der Waals surface area contributed by atoms with Crippen LogP contribution in [0.2, 0.25) is 0 Å². The van der Waals surface area contributed by atoms with E-state index in [2.05, 4.69) is 52.6 Å². The number of nitrogens with one attached hydrogen (secondary N) is 1. The zero-order valence-corrected chi connectivity index (χ0v) is 16.0. The van der Waals surface area contributed by atoms with Gasteiger partial charge in [0.1, 0.15) is 5.82 Å². The molecule has 1 aliphatic heterocycles. The number of carbonyl (C=O) groups excluding carboxylic acids is 1. The van der Waals surface area contributed by atoms with Crippen LogP contribution in [0.5, 0.6) is 0 Å². The van der Waals surface area contributed by atoms with E-state index in [1.165, 1.54) is 21.2 Å². The van der Waals surface area contributed by atoms with Gasteiger partial charge in [0.05, 0.1) is 0 Å². The molecule has 0 bridgehead atoms. The lowest BCUT2D eigenvalue weighted by Gasteiger charge is -2.32. The van der Waals surface area contributed by atoms with Gasteiger partial charge in [0.25, 0.3) is 0 Å². The lowest BCUT2D eigenvalue weighted by molar-refractivity contribution is -0.120. The Kier molecular flexibility index (Phi) is 4.64. The van der Waals surface area contributed by atoms with Gasteiger partial charge < -0.3 is 10.2 Å². The molecule has 0 unspecified atom stereocenters.